The molecule has 0 radical (unpaired) electrons. The lowest BCUT2D eigenvalue weighted by Crippen LogP contribution is -2.80. The lowest BCUT2D eigenvalue weighted by atomic mass is 9.53. The van der Waals surface area contributed by atoms with Crippen LogP contribution >= 0.6 is 0 Å². The van der Waals surface area contributed by atoms with Gasteiger partial charge in [0, 0.05) is 55.4 Å². The molecule has 0 spiro atoms. The maximum Gasteiger partial charge on any atom is 0.232 e. The van der Waals surface area contributed by atoms with Crippen molar-refractivity contribution in [3.63, 3.8) is 0 Å². The van der Waals surface area contributed by atoms with E-state index in [1.165, 1.54) is 33.8 Å². The smallest absolute Gasteiger partial charge is 0.232 e. The number of aromatic hydroxyl groups is 4. The Morgan fingerprint density at radius 2 is 0.959 bits per heavy atom. The zero-order chi connectivity index (χ0) is 88.5. The van der Waals surface area contributed by atoms with Crippen LogP contribution in [-0.4, -0.2) is 314 Å². The number of Topliss-reactive ketones (excluding diaryl/α,β-unsaturated/α-hetero) is 6. The topological polar surface area (TPSA) is 554 Å². The largest absolute Gasteiger partial charge is 0.507 e. The number of phenols is 4. The molecule has 674 valence electrons. The summed E-state index contributed by atoms with van der Waals surface area (Å²) in [4.78, 5) is 89.5. The summed E-state index contributed by atoms with van der Waals surface area (Å²) in [7, 11) is 3.09. The first-order valence-electron chi connectivity index (χ1n) is 42.0. The first kappa shape index (κ1) is 90.1. The highest BCUT2D eigenvalue weighted by atomic mass is 16.8. The normalized spacial score (nSPS) is 43.2. The number of carbonyl (C=O) groups is 6. The van der Waals surface area contributed by atoms with E-state index in [1.54, 1.807) is 41.5 Å². The minimum atomic E-state index is -3.21. The highest BCUT2D eigenvalue weighted by molar-refractivity contribution is 6.43. The Morgan fingerprint density at radius 1 is 0.484 bits per heavy atom. The van der Waals surface area contributed by atoms with Crippen molar-refractivity contribution in [3.05, 3.63) is 50.8 Å². The molecule has 37 heteroatoms. The van der Waals surface area contributed by atoms with Crippen LogP contribution in [-0.2, 0) is 82.3 Å². The minimum Gasteiger partial charge on any atom is -0.507 e. The Bertz CT molecular complexity index is 4640. The third-order valence-corrected chi connectivity index (χ3v) is 28.3. The van der Waals surface area contributed by atoms with Gasteiger partial charge >= 0.3 is 0 Å². The average molecular weight is 1730 g/mol. The molecule has 15 rings (SSSR count). The van der Waals surface area contributed by atoms with Gasteiger partial charge in [0.15, 0.2) is 77.8 Å². The number of benzene rings is 3. The van der Waals surface area contributed by atoms with Crippen molar-refractivity contribution in [1.29, 1.82) is 0 Å². The van der Waals surface area contributed by atoms with E-state index in [4.69, 9.17) is 75.8 Å². The van der Waals surface area contributed by atoms with Crippen molar-refractivity contribution in [3.8, 4) is 34.5 Å². The summed E-state index contributed by atoms with van der Waals surface area (Å²) in [5.74, 6) is -17.3. The van der Waals surface area contributed by atoms with E-state index < -0.39 is 344 Å². The van der Waals surface area contributed by atoms with Crippen molar-refractivity contribution in [2.75, 3.05) is 21.3 Å². The van der Waals surface area contributed by atoms with Crippen molar-refractivity contribution in [1.82, 2.24) is 0 Å². The van der Waals surface area contributed by atoms with E-state index >= 15 is 19.2 Å². The monoisotopic (exact) mass is 1720 g/mol. The fraction of sp³-hybridized carbons (Fsp3) is 0.718. The van der Waals surface area contributed by atoms with Gasteiger partial charge in [0.05, 0.1) is 145 Å². The number of allylic oxidation sites excluding steroid dienone is 2. The number of hydrogen-bond donors (Lipinski definition) is 15. The molecule has 3 aromatic rings. The van der Waals surface area contributed by atoms with Gasteiger partial charge in [-0.2, -0.15) is 0 Å². The number of hydrogen-bond acceptors (Lipinski definition) is 37. The standard InChI is InChI=1S/C85H112O37/c1-14-22-82(104)78(120-45-18-16-43(30(3)110-45)116-47-20-24-80(102,34(7)86)36(9)114-47)68(98)71(118-49-28-41(88)60(90)32(5)112-49)40-27-38-26-39-52(62(92)51(38)76(100)84(40,82)105)63(93)56(74(109-13)70(39)107-11)55-64(94)53-54(67(97)73(55)108-12)65(95)57-58(66(53)96)77(101)85(106)59-72(57)122-83(85,23-15-2)79(69(99)75(59)119-50-29-42(89)61(91)33(6)113-50)121-46-19-17-44(31(4)111-46)117-48-21-25-81(103,35(8)87)37(10)115-48/h26,30-33,36-37,40-50,59-61,68-69,71-72,75,78-79,88-93,95-96,98-99,102-106H,14-25,27-29H2,1-13H3/t30-,31-,32+,33+,36-,37-,40?,41-,42-,43+,44+,45+,46+,47-,48-,49+,50?,59?,60+,61+,68?,69?,71?,72?,75?,78?,79?,80+,81+,82?,83?,84?,85?/m1/s1. The number of rotatable bonds is 22. The van der Waals surface area contributed by atoms with Crippen LogP contribution in [0.1, 0.15) is 223 Å². The van der Waals surface area contributed by atoms with Crippen LogP contribution in [0, 0.1) is 11.8 Å². The van der Waals surface area contributed by atoms with Crippen LogP contribution in [0.2, 0.25) is 0 Å². The minimum absolute atomic E-state index is 0.0101. The van der Waals surface area contributed by atoms with E-state index in [9.17, 15) is 86.2 Å². The zero-order valence-corrected chi connectivity index (χ0v) is 70.0. The van der Waals surface area contributed by atoms with Crippen LogP contribution in [0.25, 0.3) is 16.3 Å². The molecule has 7 heterocycles. The fourth-order valence-corrected chi connectivity index (χ4v) is 21.7. The molecule has 0 amide bonds. The summed E-state index contributed by atoms with van der Waals surface area (Å²) >= 11 is 0. The Kier molecular flexibility index (Phi) is 24.3. The number of ketones is 6. The highest BCUT2D eigenvalue weighted by Gasteiger charge is 2.82. The number of fused-ring (bicyclic) bond motifs is 6. The van der Waals surface area contributed by atoms with Gasteiger partial charge in [-0.25, -0.2) is 0 Å². The first-order chi connectivity index (χ1) is 57.5. The quantitative estimate of drug-likeness (QED) is 0.0642. The highest BCUT2D eigenvalue weighted by Crippen LogP contribution is 2.69. The summed E-state index contributed by atoms with van der Waals surface area (Å²) < 4.78 is 101. The third-order valence-electron chi connectivity index (χ3n) is 28.3. The molecule has 5 aliphatic carbocycles. The SMILES string of the molecule is CCCC1(O)C(O[C@H]2CC[C@H](O[C@@H]3CC[C@](O)(C(C)=O)[C@@H](C)O3)[C@@H](C)O2)C(O)C(O[C@H]2C[C@@H](O)[C@@H](O)[C@H](C)O2)C2Cc3cc4c(OC)c(OC)c(C5=C(OC)C(=O)c6c(O)c7c(c(O)c6C5=O)C(=O)C5(O)C6C7OC5(CCC)C(O[C@H]5CC[C@H](O[C@@H]7CC[C@](O)(C(C)=O)[C@@H](C)O7)[C@@H](C)O5)C(O)C6OC5C[C@@H](O)[C@@H](O)[C@H](C)O5)c(O)c4c(O)c3C(=O)C21O. The van der Waals surface area contributed by atoms with Gasteiger partial charge in [0.1, 0.15) is 82.0 Å². The number of carbonyl (C=O) groups excluding carboxylic acids is 6. The molecule has 2 saturated carbocycles. The van der Waals surface area contributed by atoms with Crippen molar-refractivity contribution < 1.29 is 181 Å². The molecule has 15 N–H and O–H groups in total. The molecular formula is C85H112O37. The lowest BCUT2D eigenvalue weighted by molar-refractivity contribution is -0.358. The second-order valence-electron chi connectivity index (χ2n) is 35.1. The molecule has 12 aliphatic rings. The molecule has 37 nitrogen and oxygen atoms in total. The van der Waals surface area contributed by atoms with E-state index in [0.29, 0.717) is 0 Å². The number of phenolic OH excluding ortho intramolecular Hbond substituents is 4. The van der Waals surface area contributed by atoms with Gasteiger partial charge in [-0.1, -0.05) is 26.7 Å². The van der Waals surface area contributed by atoms with Crippen LogP contribution in [0.4, 0.5) is 0 Å². The predicted molar refractivity (Wildman–Crippen MR) is 412 cm³/mol. The summed E-state index contributed by atoms with van der Waals surface area (Å²) in [6.45, 7) is 15.1. The summed E-state index contributed by atoms with van der Waals surface area (Å²) in [5.41, 5.74) is -21.6. The second kappa shape index (κ2) is 32.9. The maximum absolute atomic E-state index is 16.4. The van der Waals surface area contributed by atoms with Crippen LogP contribution < -0.4 is 9.47 Å². The average Bonchev–Trinajstić information content (AvgIpc) is 1.47. The molecule has 4 bridgehead atoms. The molecular weight excluding hydrogens is 1610 g/mol. The molecule has 122 heavy (non-hydrogen) atoms. The fourth-order valence-electron chi connectivity index (χ4n) is 21.7. The van der Waals surface area contributed by atoms with Gasteiger partial charge in [-0.05, 0) is 112 Å². The van der Waals surface area contributed by atoms with Crippen LogP contribution in [0.15, 0.2) is 11.8 Å². The van der Waals surface area contributed by atoms with E-state index in [0.717, 1.165) is 21.3 Å². The lowest BCUT2D eigenvalue weighted by Gasteiger charge is -2.60. The third kappa shape index (κ3) is 13.6. The van der Waals surface area contributed by atoms with E-state index in [2.05, 4.69) is 0 Å². The number of aliphatic hydroxyl groups excluding tert-OH is 6. The van der Waals surface area contributed by atoms with Gasteiger partial charge in [0.25, 0.3) is 0 Å². The van der Waals surface area contributed by atoms with E-state index in [1.807, 2.05) is 0 Å². The Hall–Kier alpha value is -6.68. The molecule has 14 unspecified atom stereocenters. The van der Waals surface area contributed by atoms with Gasteiger partial charge in [-0.3, -0.25) is 28.8 Å². The molecule has 9 fully saturated rings. The summed E-state index contributed by atoms with van der Waals surface area (Å²) in [5, 5.41) is 185. The molecule has 7 aliphatic heterocycles. The zero-order valence-electron chi connectivity index (χ0n) is 70.0. The molecule has 7 saturated heterocycles. The Morgan fingerprint density at radius 3 is 1.44 bits per heavy atom. The van der Waals surface area contributed by atoms with Crippen molar-refractivity contribution in [2.45, 2.75) is 353 Å². The Labute approximate surface area is 700 Å². The number of ether oxygens (including phenoxy) is 16. The molecule has 0 aromatic heterocycles. The Balaban J connectivity index is 0.798. The number of methoxy groups -OCH3 is 3. The predicted octanol–water partition coefficient (Wildman–Crippen LogP) is 2.40. The molecule has 33 atom stereocenters. The van der Waals surface area contributed by atoms with Gasteiger partial charge < -0.3 is 152 Å². The van der Waals surface area contributed by atoms with Gasteiger partial charge in [0.2, 0.25) is 23.1 Å². The maximum atomic E-state index is 16.4. The summed E-state index contributed by atoms with van der Waals surface area (Å²) in [6, 6.07) is 1.25. The van der Waals surface area contributed by atoms with Crippen LogP contribution in [0.3, 0.4) is 0 Å². The molecule has 3 aromatic carbocycles. The van der Waals surface area contributed by atoms with Crippen molar-refractivity contribution >= 4 is 51.0 Å². The first-order valence-corrected chi connectivity index (χ1v) is 42.0. The van der Waals surface area contributed by atoms with Crippen molar-refractivity contribution in [2.24, 2.45) is 11.8 Å². The second-order valence-corrected chi connectivity index (χ2v) is 35.1. The number of aliphatic hydroxyl groups is 11. The van der Waals surface area contributed by atoms with Crippen LogP contribution in [0.5, 0.6) is 34.5 Å². The summed E-state index contributed by atoms with van der Waals surface area (Å²) in [6.07, 6.45) is -35.1. The van der Waals surface area contributed by atoms with E-state index in [-0.39, 0.29) is 81.6 Å². The van der Waals surface area contributed by atoms with Gasteiger partial charge in [-0.15, -0.1) is 0 Å².